The zero-order valence-electron chi connectivity index (χ0n) is 18.6. The van der Waals surface area contributed by atoms with Crippen molar-refractivity contribution in [3.05, 3.63) is 65.5 Å². The Balaban J connectivity index is 1.38. The molecule has 2 aromatic carbocycles. The zero-order valence-corrected chi connectivity index (χ0v) is 19.5. The minimum Gasteiger partial charge on any atom is -0.497 e. The Morgan fingerprint density at radius 2 is 1.74 bits per heavy atom. The molecular formula is C24H25F3N2O4S. The van der Waals surface area contributed by atoms with Crippen LogP contribution in [0.3, 0.4) is 0 Å². The predicted molar refractivity (Wildman–Crippen MR) is 120 cm³/mol. The summed E-state index contributed by atoms with van der Waals surface area (Å²) in [6.07, 6.45) is 4.24. The van der Waals surface area contributed by atoms with Crippen molar-refractivity contribution in [2.45, 2.75) is 24.2 Å². The molecule has 2 heterocycles. The fourth-order valence-electron chi connectivity index (χ4n) is 4.58. The average Bonchev–Trinajstić information content (AvgIpc) is 3.25. The van der Waals surface area contributed by atoms with E-state index < -0.39 is 27.5 Å². The summed E-state index contributed by atoms with van der Waals surface area (Å²) >= 11 is 0. The van der Waals surface area contributed by atoms with Gasteiger partial charge in [-0.25, -0.2) is 21.6 Å². The van der Waals surface area contributed by atoms with Crippen LogP contribution in [0.1, 0.15) is 24.8 Å². The molecule has 0 unspecified atom stereocenters. The van der Waals surface area contributed by atoms with Crippen LogP contribution in [0.25, 0.3) is 6.08 Å². The second kappa shape index (κ2) is 9.42. The summed E-state index contributed by atoms with van der Waals surface area (Å²) in [7, 11) is -2.17. The van der Waals surface area contributed by atoms with Gasteiger partial charge in [-0.15, -0.1) is 0 Å². The number of sulfonamides is 1. The lowest BCUT2D eigenvalue weighted by Gasteiger charge is -2.38. The number of ether oxygens (including phenoxy) is 1. The molecule has 1 amide bonds. The summed E-state index contributed by atoms with van der Waals surface area (Å²) in [4.78, 5) is 14.4. The molecule has 0 aliphatic carbocycles. The molecule has 2 saturated heterocycles. The number of hydrogen-bond donors (Lipinski definition) is 0. The first-order valence-corrected chi connectivity index (χ1v) is 12.3. The third-order valence-electron chi connectivity index (χ3n) is 6.68. The first kappa shape index (κ1) is 24.3. The van der Waals surface area contributed by atoms with Crippen molar-refractivity contribution in [1.82, 2.24) is 9.21 Å². The van der Waals surface area contributed by atoms with Gasteiger partial charge in [0.05, 0.1) is 12.0 Å². The highest BCUT2D eigenvalue weighted by Gasteiger charge is 2.43. The van der Waals surface area contributed by atoms with Crippen LogP contribution in [0.5, 0.6) is 5.75 Å². The van der Waals surface area contributed by atoms with E-state index in [1.807, 2.05) is 0 Å². The predicted octanol–water partition coefficient (Wildman–Crippen LogP) is 3.83. The Hall–Kier alpha value is -2.85. The Bertz CT molecular complexity index is 1220. The largest absolute Gasteiger partial charge is 0.497 e. The standard InChI is InChI=1S/C24H25F3N2O4S/c1-33-18-3-2-4-19(15-18)34(31,32)29-13-10-24(11-14-29)9-12-28(16-24)21(30)8-6-17-5-7-20(25)23(27)22(17)26/h2-8,15H,9-14,16H2,1H3/b8-6+. The van der Waals surface area contributed by atoms with E-state index in [9.17, 15) is 26.4 Å². The monoisotopic (exact) mass is 494 g/mol. The van der Waals surface area contributed by atoms with E-state index in [1.165, 1.54) is 17.5 Å². The fraction of sp³-hybridized carbons (Fsp3) is 0.375. The van der Waals surface area contributed by atoms with Crippen molar-refractivity contribution in [1.29, 1.82) is 0 Å². The van der Waals surface area contributed by atoms with Gasteiger partial charge in [-0.05, 0) is 55.0 Å². The first-order chi connectivity index (χ1) is 16.1. The smallest absolute Gasteiger partial charge is 0.246 e. The van der Waals surface area contributed by atoms with Gasteiger partial charge in [0, 0.05) is 43.9 Å². The van der Waals surface area contributed by atoms with E-state index in [0.29, 0.717) is 44.8 Å². The number of nitrogens with zero attached hydrogens (tertiary/aromatic N) is 2. The molecule has 6 nitrogen and oxygen atoms in total. The lowest BCUT2D eigenvalue weighted by molar-refractivity contribution is -0.125. The van der Waals surface area contributed by atoms with Crippen LogP contribution in [0.15, 0.2) is 47.4 Å². The molecule has 0 saturated carbocycles. The Labute approximate surface area is 196 Å². The van der Waals surface area contributed by atoms with Gasteiger partial charge < -0.3 is 9.64 Å². The van der Waals surface area contributed by atoms with Gasteiger partial charge >= 0.3 is 0 Å². The van der Waals surface area contributed by atoms with Crippen LogP contribution >= 0.6 is 0 Å². The van der Waals surface area contributed by atoms with Gasteiger partial charge in [-0.2, -0.15) is 4.31 Å². The van der Waals surface area contributed by atoms with Crippen LogP contribution in [0, 0.1) is 22.9 Å². The summed E-state index contributed by atoms with van der Waals surface area (Å²) < 4.78 is 73.0. The highest BCUT2D eigenvalue weighted by atomic mass is 32.2. The van der Waals surface area contributed by atoms with Gasteiger partial charge in [0.2, 0.25) is 15.9 Å². The molecule has 0 radical (unpaired) electrons. The van der Waals surface area contributed by atoms with Gasteiger partial charge in [0.1, 0.15) is 5.75 Å². The molecule has 182 valence electrons. The average molecular weight is 495 g/mol. The van der Waals surface area contributed by atoms with Crippen LogP contribution in [-0.4, -0.2) is 56.8 Å². The van der Waals surface area contributed by atoms with Crippen molar-refractivity contribution in [3.8, 4) is 5.75 Å². The van der Waals surface area contributed by atoms with Gasteiger partial charge in [-0.3, -0.25) is 4.79 Å². The van der Waals surface area contributed by atoms with Crippen LogP contribution in [-0.2, 0) is 14.8 Å². The maximum atomic E-state index is 13.8. The molecule has 0 atom stereocenters. The Kier molecular flexibility index (Phi) is 6.73. The van der Waals surface area contributed by atoms with E-state index in [-0.39, 0.29) is 21.8 Å². The highest BCUT2D eigenvalue weighted by Crippen LogP contribution is 2.41. The third kappa shape index (κ3) is 4.69. The van der Waals surface area contributed by atoms with Crippen molar-refractivity contribution in [2.75, 3.05) is 33.3 Å². The normalized spacial score (nSPS) is 18.6. The van der Waals surface area contributed by atoms with E-state index in [4.69, 9.17) is 4.74 Å². The number of carbonyl (C=O) groups is 1. The van der Waals surface area contributed by atoms with E-state index in [1.54, 1.807) is 23.1 Å². The molecule has 2 aromatic rings. The summed E-state index contributed by atoms with van der Waals surface area (Å²) in [5.41, 5.74) is -0.394. The van der Waals surface area contributed by atoms with Crippen molar-refractivity contribution < 1.29 is 31.1 Å². The van der Waals surface area contributed by atoms with E-state index in [2.05, 4.69) is 0 Å². The molecule has 1 spiro atoms. The van der Waals surface area contributed by atoms with Crippen LogP contribution in [0.2, 0.25) is 0 Å². The minimum atomic E-state index is -3.65. The molecule has 0 aromatic heterocycles. The van der Waals surface area contributed by atoms with Crippen molar-refractivity contribution >= 4 is 22.0 Å². The second-order valence-electron chi connectivity index (χ2n) is 8.69. The number of methoxy groups -OCH3 is 1. The van der Waals surface area contributed by atoms with Gasteiger partial charge in [-0.1, -0.05) is 6.07 Å². The molecule has 34 heavy (non-hydrogen) atoms. The minimum absolute atomic E-state index is 0.181. The van der Waals surface area contributed by atoms with Gasteiger partial charge in [0.25, 0.3) is 0 Å². The molecule has 2 fully saturated rings. The number of carbonyl (C=O) groups excluding carboxylic acids is 1. The lowest BCUT2D eigenvalue weighted by atomic mass is 9.78. The van der Waals surface area contributed by atoms with Crippen molar-refractivity contribution in [2.24, 2.45) is 5.41 Å². The van der Waals surface area contributed by atoms with Crippen molar-refractivity contribution in [3.63, 3.8) is 0 Å². The molecule has 10 heteroatoms. The quantitative estimate of drug-likeness (QED) is 0.468. The molecular weight excluding hydrogens is 469 g/mol. The number of benzene rings is 2. The zero-order chi connectivity index (χ0) is 24.5. The molecule has 0 bridgehead atoms. The number of likely N-dealkylation sites (tertiary alicyclic amines) is 1. The molecule has 2 aliphatic rings. The summed E-state index contributed by atoms with van der Waals surface area (Å²) in [6.45, 7) is 1.64. The Morgan fingerprint density at radius 3 is 2.44 bits per heavy atom. The maximum absolute atomic E-state index is 13.8. The highest BCUT2D eigenvalue weighted by molar-refractivity contribution is 7.89. The SMILES string of the molecule is COc1cccc(S(=O)(=O)N2CCC3(CCN(C(=O)/C=C/c4ccc(F)c(F)c4F)C3)CC2)c1. The third-order valence-corrected chi connectivity index (χ3v) is 8.58. The fourth-order valence-corrected chi connectivity index (χ4v) is 6.06. The second-order valence-corrected chi connectivity index (χ2v) is 10.6. The Morgan fingerprint density at radius 1 is 1.03 bits per heavy atom. The number of rotatable bonds is 5. The lowest BCUT2D eigenvalue weighted by Crippen LogP contribution is -2.44. The molecule has 4 rings (SSSR count). The number of piperidine rings is 1. The number of halogens is 3. The topological polar surface area (TPSA) is 66.9 Å². The van der Waals surface area contributed by atoms with E-state index >= 15 is 0 Å². The summed E-state index contributed by atoms with van der Waals surface area (Å²) in [5, 5.41) is 0. The van der Waals surface area contributed by atoms with Crippen LogP contribution < -0.4 is 4.74 Å². The summed E-state index contributed by atoms with van der Waals surface area (Å²) in [6, 6.07) is 8.24. The molecule has 0 N–H and O–H groups in total. The summed E-state index contributed by atoms with van der Waals surface area (Å²) in [5.74, 6) is -4.09. The maximum Gasteiger partial charge on any atom is 0.246 e. The molecule has 2 aliphatic heterocycles. The van der Waals surface area contributed by atoms with Crippen LogP contribution in [0.4, 0.5) is 13.2 Å². The first-order valence-electron chi connectivity index (χ1n) is 10.9. The van der Waals surface area contributed by atoms with E-state index in [0.717, 1.165) is 30.7 Å². The number of hydrogen-bond acceptors (Lipinski definition) is 4. The number of amides is 1. The van der Waals surface area contributed by atoms with Gasteiger partial charge in [0.15, 0.2) is 17.5 Å².